The minimum atomic E-state index is -0.00667. The van der Waals surface area contributed by atoms with Gasteiger partial charge in [-0.25, -0.2) is 0 Å². The Morgan fingerprint density at radius 2 is 2.27 bits per heavy atom. The summed E-state index contributed by atoms with van der Waals surface area (Å²) in [6.45, 7) is 1.02. The van der Waals surface area contributed by atoms with Crippen molar-refractivity contribution in [2.24, 2.45) is 0 Å². The standard InChI is InChI=1S/C17H20N4O/c1-20-7-6-11-8-12(2-4-15(11)20)17(22)19-14-9-13-3-5-16(14)21(13)10-18/h2,4,8,13-14,16H,3,5-7,9H2,1H3,(H,19,22). The van der Waals surface area contributed by atoms with Crippen LogP contribution in [0, 0.1) is 11.5 Å². The molecule has 0 spiro atoms. The molecule has 1 aromatic carbocycles. The number of carbonyl (C=O) groups is 1. The van der Waals surface area contributed by atoms with E-state index in [0.29, 0.717) is 6.04 Å². The smallest absolute Gasteiger partial charge is 0.251 e. The van der Waals surface area contributed by atoms with E-state index >= 15 is 0 Å². The number of nitrogens with zero attached hydrogens (tertiary/aromatic N) is 3. The number of amides is 1. The molecule has 0 radical (unpaired) electrons. The van der Waals surface area contributed by atoms with E-state index in [1.165, 1.54) is 11.3 Å². The summed E-state index contributed by atoms with van der Waals surface area (Å²) in [4.78, 5) is 16.6. The molecule has 3 heterocycles. The quantitative estimate of drug-likeness (QED) is 0.840. The van der Waals surface area contributed by atoms with Crippen LogP contribution < -0.4 is 10.2 Å². The summed E-state index contributed by atoms with van der Waals surface area (Å²) >= 11 is 0. The molecule has 3 atom stereocenters. The Bertz CT molecular complexity index is 665. The third kappa shape index (κ3) is 1.94. The molecule has 2 saturated heterocycles. The summed E-state index contributed by atoms with van der Waals surface area (Å²) in [6.07, 6.45) is 6.28. The molecule has 0 aromatic heterocycles. The number of carbonyl (C=O) groups excluding carboxylic acids is 1. The van der Waals surface area contributed by atoms with E-state index in [1.807, 2.05) is 23.1 Å². The topological polar surface area (TPSA) is 59.4 Å². The summed E-state index contributed by atoms with van der Waals surface area (Å²) in [5.74, 6) is -0.00667. The lowest BCUT2D eigenvalue weighted by Gasteiger charge is -2.22. The van der Waals surface area contributed by atoms with Crippen LogP contribution >= 0.6 is 0 Å². The SMILES string of the molecule is CN1CCc2cc(C(=O)NC3CC4CCC3N4C#N)ccc21. The van der Waals surface area contributed by atoms with Crippen molar-refractivity contribution in [2.45, 2.75) is 43.8 Å². The van der Waals surface area contributed by atoms with E-state index in [2.05, 4.69) is 23.5 Å². The number of rotatable bonds is 2. The first kappa shape index (κ1) is 13.4. The van der Waals surface area contributed by atoms with Gasteiger partial charge in [-0.15, -0.1) is 0 Å². The van der Waals surface area contributed by atoms with Crippen molar-refractivity contribution in [3.8, 4) is 6.19 Å². The first-order valence-electron chi connectivity index (χ1n) is 8.00. The third-order valence-electron chi connectivity index (χ3n) is 5.44. The lowest BCUT2D eigenvalue weighted by molar-refractivity contribution is 0.0928. The number of nitrogens with one attached hydrogen (secondary N) is 1. The van der Waals surface area contributed by atoms with Crippen molar-refractivity contribution < 1.29 is 4.79 Å². The molecule has 1 aromatic rings. The highest BCUT2D eigenvalue weighted by molar-refractivity contribution is 5.95. The third-order valence-corrected chi connectivity index (χ3v) is 5.44. The zero-order valence-electron chi connectivity index (χ0n) is 12.7. The van der Waals surface area contributed by atoms with Crippen molar-refractivity contribution in [2.75, 3.05) is 18.5 Å². The first-order valence-corrected chi connectivity index (χ1v) is 8.00. The van der Waals surface area contributed by atoms with Crippen LogP contribution in [0.5, 0.6) is 0 Å². The zero-order chi connectivity index (χ0) is 15.3. The number of benzene rings is 1. The van der Waals surface area contributed by atoms with E-state index in [9.17, 15) is 10.1 Å². The number of anilines is 1. The summed E-state index contributed by atoms with van der Waals surface area (Å²) in [5, 5.41) is 12.4. The number of likely N-dealkylation sites (N-methyl/N-ethyl adjacent to an activating group) is 1. The van der Waals surface area contributed by atoms with Gasteiger partial charge in [0, 0.05) is 30.9 Å². The van der Waals surface area contributed by atoms with Gasteiger partial charge in [0.25, 0.3) is 5.91 Å². The van der Waals surface area contributed by atoms with Crippen LogP contribution in [-0.2, 0) is 6.42 Å². The molecule has 4 rings (SSSR count). The van der Waals surface area contributed by atoms with Gasteiger partial charge in [0.05, 0.1) is 12.1 Å². The van der Waals surface area contributed by atoms with Crippen LogP contribution in [0.15, 0.2) is 18.2 Å². The molecular formula is C17H20N4O. The number of hydrogen-bond acceptors (Lipinski definition) is 4. The Kier molecular flexibility index (Phi) is 3.00. The van der Waals surface area contributed by atoms with Crippen LogP contribution in [0.25, 0.3) is 0 Å². The Balaban J connectivity index is 1.49. The van der Waals surface area contributed by atoms with Gasteiger partial charge in [-0.05, 0) is 49.4 Å². The van der Waals surface area contributed by atoms with E-state index in [1.54, 1.807) is 0 Å². The molecule has 22 heavy (non-hydrogen) atoms. The van der Waals surface area contributed by atoms with Crippen LogP contribution in [-0.4, -0.2) is 42.5 Å². The van der Waals surface area contributed by atoms with Crippen LogP contribution in [0.1, 0.15) is 35.2 Å². The number of fused-ring (bicyclic) bond motifs is 3. The van der Waals surface area contributed by atoms with Crippen molar-refractivity contribution in [1.82, 2.24) is 10.2 Å². The van der Waals surface area contributed by atoms with Gasteiger partial charge in [0.1, 0.15) is 0 Å². The van der Waals surface area contributed by atoms with Gasteiger partial charge >= 0.3 is 0 Å². The van der Waals surface area contributed by atoms with Gasteiger partial charge in [-0.3, -0.25) is 4.79 Å². The van der Waals surface area contributed by atoms with Gasteiger partial charge < -0.3 is 15.1 Å². The van der Waals surface area contributed by atoms with E-state index < -0.39 is 0 Å². The number of hydrogen-bond donors (Lipinski definition) is 1. The fourth-order valence-electron chi connectivity index (χ4n) is 4.26. The Morgan fingerprint density at radius 3 is 3.05 bits per heavy atom. The van der Waals surface area contributed by atoms with Gasteiger partial charge in [0.2, 0.25) is 0 Å². The van der Waals surface area contributed by atoms with Crippen molar-refractivity contribution in [3.63, 3.8) is 0 Å². The molecular weight excluding hydrogens is 276 g/mol. The van der Waals surface area contributed by atoms with E-state index in [4.69, 9.17) is 0 Å². The molecule has 5 heteroatoms. The molecule has 114 valence electrons. The highest BCUT2D eigenvalue weighted by Gasteiger charge is 2.46. The maximum atomic E-state index is 12.5. The average Bonchev–Trinajstić information content (AvgIpc) is 3.19. The lowest BCUT2D eigenvalue weighted by atomic mass is 9.95. The van der Waals surface area contributed by atoms with E-state index in [0.717, 1.165) is 37.8 Å². The zero-order valence-corrected chi connectivity index (χ0v) is 12.7. The van der Waals surface area contributed by atoms with Gasteiger partial charge in [-0.2, -0.15) is 5.26 Å². The highest BCUT2D eigenvalue weighted by atomic mass is 16.1. The molecule has 2 fully saturated rings. The largest absolute Gasteiger partial charge is 0.374 e. The normalized spacial score (nSPS) is 28.6. The molecule has 2 bridgehead atoms. The second-order valence-corrected chi connectivity index (χ2v) is 6.64. The van der Waals surface area contributed by atoms with Crippen LogP contribution in [0.4, 0.5) is 5.69 Å². The lowest BCUT2D eigenvalue weighted by Crippen LogP contribution is -2.43. The fourth-order valence-corrected chi connectivity index (χ4v) is 4.26. The average molecular weight is 296 g/mol. The summed E-state index contributed by atoms with van der Waals surface area (Å²) in [7, 11) is 2.08. The predicted octanol–water partition coefficient (Wildman–Crippen LogP) is 1.50. The van der Waals surface area contributed by atoms with Crippen LogP contribution in [0.3, 0.4) is 0 Å². The molecule has 1 N–H and O–H groups in total. The molecule has 3 unspecified atom stereocenters. The van der Waals surface area contributed by atoms with Crippen molar-refractivity contribution in [3.05, 3.63) is 29.3 Å². The Labute approximate surface area is 130 Å². The Morgan fingerprint density at radius 1 is 1.41 bits per heavy atom. The number of nitriles is 1. The molecule has 5 nitrogen and oxygen atoms in total. The molecule has 1 amide bonds. The Hall–Kier alpha value is -2.22. The maximum absolute atomic E-state index is 12.5. The molecule has 3 aliphatic heterocycles. The second-order valence-electron chi connectivity index (χ2n) is 6.64. The summed E-state index contributed by atoms with van der Waals surface area (Å²) < 4.78 is 0. The summed E-state index contributed by atoms with van der Waals surface area (Å²) in [5.41, 5.74) is 3.22. The van der Waals surface area contributed by atoms with Crippen LogP contribution in [0.2, 0.25) is 0 Å². The van der Waals surface area contributed by atoms with Gasteiger partial charge in [0.15, 0.2) is 6.19 Å². The molecule has 0 saturated carbocycles. The van der Waals surface area contributed by atoms with Crippen molar-refractivity contribution in [1.29, 1.82) is 5.26 Å². The molecule has 3 aliphatic rings. The van der Waals surface area contributed by atoms with Gasteiger partial charge in [-0.1, -0.05) is 0 Å². The second kappa shape index (κ2) is 4.91. The highest BCUT2D eigenvalue weighted by Crippen LogP contribution is 2.37. The fraction of sp³-hybridized carbons (Fsp3) is 0.529. The summed E-state index contributed by atoms with van der Waals surface area (Å²) in [6, 6.07) is 6.60. The van der Waals surface area contributed by atoms with E-state index in [-0.39, 0.29) is 18.0 Å². The minimum Gasteiger partial charge on any atom is -0.374 e. The molecule has 0 aliphatic carbocycles. The monoisotopic (exact) mass is 296 g/mol. The minimum absolute atomic E-state index is 0.00667. The van der Waals surface area contributed by atoms with Crippen molar-refractivity contribution >= 4 is 11.6 Å². The first-order chi connectivity index (χ1) is 10.7. The predicted molar refractivity (Wildman–Crippen MR) is 83.5 cm³/mol. The maximum Gasteiger partial charge on any atom is 0.251 e.